The molecule has 1 fully saturated rings. The van der Waals surface area contributed by atoms with E-state index in [2.05, 4.69) is 20.9 Å². The Labute approximate surface area is 266 Å². The molecule has 0 radical (unpaired) electrons. The van der Waals surface area contributed by atoms with E-state index in [1.54, 1.807) is 0 Å². The fourth-order valence-electron chi connectivity index (χ4n) is 5.50. The number of rotatable bonds is 20. The molecule has 2 rings (SSSR count). The van der Waals surface area contributed by atoms with E-state index < -0.39 is 56.4 Å². The number of carboxylic acid groups (broad SMARTS) is 1. The van der Waals surface area contributed by atoms with Gasteiger partial charge in [-0.3, -0.25) is 24.2 Å². The van der Waals surface area contributed by atoms with Gasteiger partial charge in [0, 0.05) is 25.2 Å². The highest BCUT2D eigenvalue weighted by atomic mass is 28.4. The minimum Gasteiger partial charge on any atom is -0.481 e. The zero-order valence-electron chi connectivity index (χ0n) is 26.4. The van der Waals surface area contributed by atoms with Gasteiger partial charge in [0.15, 0.2) is 5.96 Å². The van der Waals surface area contributed by atoms with Gasteiger partial charge < -0.3 is 47.0 Å². The first-order valence-electron chi connectivity index (χ1n) is 15.8. The van der Waals surface area contributed by atoms with Gasteiger partial charge in [-0.2, -0.15) is 0 Å². The molecule has 1 unspecified atom stereocenters. The molecule has 0 bridgehead atoms. The van der Waals surface area contributed by atoms with Crippen LogP contribution in [0.4, 0.5) is 0 Å². The number of carbonyl (C=O) groups excluding carboxylic acids is 3. The Morgan fingerprint density at radius 3 is 2.42 bits per heavy atom. The Morgan fingerprint density at radius 2 is 1.80 bits per heavy atom. The van der Waals surface area contributed by atoms with E-state index in [1.807, 2.05) is 44.2 Å². The predicted octanol–water partition coefficient (Wildman–Crippen LogP) is -0.361. The van der Waals surface area contributed by atoms with E-state index in [0.717, 1.165) is 12.0 Å². The van der Waals surface area contributed by atoms with Gasteiger partial charge >= 0.3 is 14.5 Å². The first kappa shape index (κ1) is 37.7. The molecule has 1 saturated heterocycles. The lowest BCUT2D eigenvalue weighted by molar-refractivity contribution is -0.146. The second kappa shape index (κ2) is 19.1. The van der Waals surface area contributed by atoms with Gasteiger partial charge in [-0.15, -0.1) is 0 Å². The Kier molecular flexibility index (Phi) is 16.0. The normalized spacial score (nSPS) is 16.8. The van der Waals surface area contributed by atoms with Crippen molar-refractivity contribution in [1.29, 1.82) is 0 Å². The third-order valence-electron chi connectivity index (χ3n) is 7.97. The summed E-state index contributed by atoms with van der Waals surface area (Å²) >= 11 is 0. The van der Waals surface area contributed by atoms with Crippen molar-refractivity contribution in [2.75, 3.05) is 25.8 Å². The molecule has 0 saturated carbocycles. The SMILES string of the molecule is CCCC(CC)C(=O)N[C@@H](CC(=O)O)C(=O)N1CCC[C@H]1C(=O)N[C@@H](CCCN=C(N)N)[Si](O)(O)CNCCc1ccccc1. The Bertz CT molecular complexity index is 1130. The molecule has 252 valence electrons. The van der Waals surface area contributed by atoms with Crippen molar-refractivity contribution in [2.45, 2.75) is 89.4 Å². The van der Waals surface area contributed by atoms with Gasteiger partial charge in [-0.25, -0.2) is 0 Å². The lowest BCUT2D eigenvalue weighted by Gasteiger charge is -2.33. The van der Waals surface area contributed by atoms with Crippen molar-refractivity contribution in [3.63, 3.8) is 0 Å². The summed E-state index contributed by atoms with van der Waals surface area (Å²) in [6.45, 7) is 4.71. The van der Waals surface area contributed by atoms with Crippen LogP contribution >= 0.6 is 0 Å². The fraction of sp³-hybridized carbons (Fsp3) is 0.633. The van der Waals surface area contributed by atoms with Crippen LogP contribution in [0.25, 0.3) is 0 Å². The van der Waals surface area contributed by atoms with Crippen LogP contribution in [0.5, 0.6) is 0 Å². The lowest BCUT2D eigenvalue weighted by atomic mass is 9.99. The quantitative estimate of drug-likeness (QED) is 0.0395. The number of benzene rings is 1. The van der Waals surface area contributed by atoms with Crippen molar-refractivity contribution in [2.24, 2.45) is 22.4 Å². The van der Waals surface area contributed by atoms with Crippen LogP contribution in [-0.2, 0) is 25.6 Å². The van der Waals surface area contributed by atoms with Gasteiger partial charge in [0.1, 0.15) is 12.1 Å². The average Bonchev–Trinajstić information content (AvgIpc) is 3.49. The number of aliphatic imine (C=N–C) groups is 1. The van der Waals surface area contributed by atoms with Gasteiger partial charge in [-0.05, 0) is 57.1 Å². The highest BCUT2D eigenvalue weighted by molar-refractivity contribution is 6.66. The van der Waals surface area contributed by atoms with Crippen LogP contribution in [0, 0.1) is 5.92 Å². The Balaban J connectivity index is 2.15. The molecule has 0 aliphatic carbocycles. The third kappa shape index (κ3) is 12.8. The molecule has 0 spiro atoms. The lowest BCUT2D eigenvalue weighted by Crippen LogP contribution is -2.65. The minimum absolute atomic E-state index is 0.0993. The van der Waals surface area contributed by atoms with Crippen molar-refractivity contribution >= 4 is 38.2 Å². The monoisotopic (exact) mass is 649 g/mol. The van der Waals surface area contributed by atoms with Crippen molar-refractivity contribution in [1.82, 2.24) is 20.9 Å². The van der Waals surface area contributed by atoms with Crippen LogP contribution in [0.2, 0.25) is 0 Å². The van der Waals surface area contributed by atoms with Crippen molar-refractivity contribution in [3.05, 3.63) is 35.9 Å². The Hall–Kier alpha value is -3.53. The molecule has 1 heterocycles. The van der Waals surface area contributed by atoms with Crippen molar-refractivity contribution in [3.8, 4) is 0 Å². The summed E-state index contributed by atoms with van der Waals surface area (Å²) < 4.78 is 0. The molecule has 1 aromatic rings. The molecule has 15 heteroatoms. The van der Waals surface area contributed by atoms with Gasteiger partial charge in [0.2, 0.25) is 17.7 Å². The summed E-state index contributed by atoms with van der Waals surface area (Å²) in [5.41, 5.74) is 10.9. The van der Waals surface area contributed by atoms with Crippen LogP contribution in [0.15, 0.2) is 35.3 Å². The number of hydrogen-bond acceptors (Lipinski definition) is 8. The molecule has 1 aliphatic rings. The average molecular weight is 650 g/mol. The predicted molar refractivity (Wildman–Crippen MR) is 173 cm³/mol. The van der Waals surface area contributed by atoms with Crippen molar-refractivity contribution < 1.29 is 33.9 Å². The maximum Gasteiger partial charge on any atom is 0.370 e. The number of nitrogens with two attached hydrogens (primary N) is 2. The number of likely N-dealkylation sites (tertiary alicyclic amines) is 1. The number of carboxylic acids is 1. The third-order valence-corrected chi connectivity index (χ3v) is 10.3. The summed E-state index contributed by atoms with van der Waals surface area (Å²) in [6, 6.07) is 7.44. The highest BCUT2D eigenvalue weighted by Gasteiger charge is 2.44. The number of amides is 3. The van der Waals surface area contributed by atoms with Gasteiger partial charge in [0.05, 0.1) is 12.1 Å². The van der Waals surface area contributed by atoms with Crippen LogP contribution in [0.1, 0.15) is 70.8 Å². The number of aliphatic carboxylic acids is 1. The smallest absolute Gasteiger partial charge is 0.370 e. The summed E-state index contributed by atoms with van der Waals surface area (Å²) in [4.78, 5) is 79.3. The molecule has 1 aliphatic heterocycles. The molecule has 14 nitrogen and oxygen atoms in total. The van der Waals surface area contributed by atoms with Crippen LogP contribution in [0.3, 0.4) is 0 Å². The second-order valence-corrected chi connectivity index (χ2v) is 14.4. The number of nitrogens with one attached hydrogen (secondary N) is 3. The fourth-order valence-corrected chi connectivity index (χ4v) is 7.33. The molecule has 10 N–H and O–H groups in total. The standard InChI is InChI=1S/C30H51N7O7Si/c1-3-10-22(4-2)27(40)35-23(19-26(38)39)29(42)37-18-9-13-24(37)28(41)36-25(14-8-16-34-30(31)32)45(43,44)20-33-17-15-21-11-6-5-7-12-21/h5-7,11-12,22-25,33,43-44H,3-4,8-10,13-20H2,1-2H3,(H,35,40)(H,36,41)(H,38,39)(H4,31,32,34)/t22?,23-,24-,25+/m0/s1. The number of carbonyl (C=O) groups is 4. The highest BCUT2D eigenvalue weighted by Crippen LogP contribution is 2.21. The largest absolute Gasteiger partial charge is 0.481 e. The summed E-state index contributed by atoms with van der Waals surface area (Å²) in [7, 11) is -4.09. The molecule has 0 aromatic heterocycles. The number of guanidine groups is 1. The first-order valence-corrected chi connectivity index (χ1v) is 17.9. The van der Waals surface area contributed by atoms with E-state index in [1.165, 1.54) is 4.90 Å². The molecule has 4 atom stereocenters. The van der Waals surface area contributed by atoms with E-state index in [0.29, 0.717) is 45.1 Å². The minimum atomic E-state index is -4.09. The molecular formula is C30H51N7O7Si. The summed E-state index contributed by atoms with van der Waals surface area (Å²) in [6.07, 6.45) is 3.18. The van der Waals surface area contributed by atoms with E-state index in [-0.39, 0.29) is 37.6 Å². The zero-order chi connectivity index (χ0) is 33.4. The molecule has 45 heavy (non-hydrogen) atoms. The summed E-state index contributed by atoms with van der Waals surface area (Å²) in [5.74, 6) is -3.33. The van der Waals surface area contributed by atoms with E-state index in [9.17, 15) is 33.9 Å². The number of hydrogen-bond donors (Lipinski definition) is 8. The molecule has 3 amide bonds. The van der Waals surface area contributed by atoms with Crippen LogP contribution in [-0.4, -0.2) is 101 Å². The second-order valence-electron chi connectivity index (χ2n) is 11.5. The van der Waals surface area contributed by atoms with Gasteiger partial charge in [0.25, 0.3) is 0 Å². The first-order chi connectivity index (χ1) is 21.4. The zero-order valence-corrected chi connectivity index (χ0v) is 27.4. The molecular weight excluding hydrogens is 598 g/mol. The van der Waals surface area contributed by atoms with Gasteiger partial charge in [-0.1, -0.05) is 50.6 Å². The number of nitrogens with zero attached hydrogens (tertiary/aromatic N) is 2. The Morgan fingerprint density at radius 1 is 1.09 bits per heavy atom. The maximum absolute atomic E-state index is 13.6. The maximum atomic E-state index is 13.6. The topological polar surface area (TPSA) is 233 Å². The van der Waals surface area contributed by atoms with Crippen LogP contribution < -0.4 is 27.4 Å². The molecule has 1 aromatic carbocycles. The van der Waals surface area contributed by atoms with E-state index >= 15 is 0 Å². The summed E-state index contributed by atoms with van der Waals surface area (Å²) in [5, 5.41) is 18.0. The van der Waals surface area contributed by atoms with E-state index in [4.69, 9.17) is 11.5 Å².